The Kier molecular flexibility index (Phi) is 4.47. The van der Waals surface area contributed by atoms with Crippen molar-refractivity contribution in [3.63, 3.8) is 0 Å². The molecule has 0 fully saturated rings. The lowest BCUT2D eigenvalue weighted by Crippen LogP contribution is -2.05. The standard InChI is InChI=1S/C16H10BrFN2O3/c17-12-5-1-11(2-6-12)16(21)22-9-14-19-15(20-23-14)10-3-7-13(18)8-4-10/h1-8H,9H2. The molecular formula is C16H10BrFN2O3. The SMILES string of the molecule is O=C(OCc1nc(-c2ccc(F)cc2)no1)c1ccc(Br)cc1. The molecule has 1 aromatic heterocycles. The fraction of sp³-hybridized carbons (Fsp3) is 0.0625. The van der Waals surface area contributed by atoms with Gasteiger partial charge in [-0.1, -0.05) is 21.1 Å². The lowest BCUT2D eigenvalue weighted by molar-refractivity contribution is 0.0430. The number of aromatic nitrogens is 2. The molecule has 0 N–H and O–H groups in total. The van der Waals surface area contributed by atoms with Crippen LogP contribution in [-0.2, 0) is 11.3 Å². The Morgan fingerprint density at radius 3 is 2.52 bits per heavy atom. The van der Waals surface area contributed by atoms with Crippen molar-refractivity contribution in [3.05, 3.63) is 70.3 Å². The minimum atomic E-state index is -0.487. The third-order valence-electron chi connectivity index (χ3n) is 2.98. The van der Waals surface area contributed by atoms with Gasteiger partial charge in [-0.05, 0) is 48.5 Å². The molecule has 3 aromatic rings. The predicted octanol–water partition coefficient (Wildman–Crippen LogP) is 4.00. The topological polar surface area (TPSA) is 65.2 Å². The van der Waals surface area contributed by atoms with Crippen LogP contribution in [0.15, 0.2) is 57.5 Å². The highest BCUT2D eigenvalue weighted by Crippen LogP contribution is 2.17. The number of esters is 1. The minimum Gasteiger partial charge on any atom is -0.452 e. The third kappa shape index (κ3) is 3.81. The molecule has 0 aliphatic heterocycles. The van der Waals surface area contributed by atoms with Crippen LogP contribution in [0.4, 0.5) is 4.39 Å². The van der Waals surface area contributed by atoms with Crippen molar-refractivity contribution in [1.82, 2.24) is 10.1 Å². The Bertz CT molecular complexity index is 816. The number of nitrogens with zero attached hydrogens (tertiary/aromatic N) is 2. The second-order valence-electron chi connectivity index (χ2n) is 4.60. The number of hydrogen-bond acceptors (Lipinski definition) is 5. The molecule has 1 heterocycles. The van der Waals surface area contributed by atoms with E-state index in [1.54, 1.807) is 24.3 Å². The number of benzene rings is 2. The van der Waals surface area contributed by atoms with E-state index < -0.39 is 5.97 Å². The van der Waals surface area contributed by atoms with Gasteiger partial charge < -0.3 is 9.26 Å². The number of ether oxygens (including phenoxy) is 1. The van der Waals surface area contributed by atoms with Crippen LogP contribution in [0.3, 0.4) is 0 Å². The van der Waals surface area contributed by atoms with E-state index in [-0.39, 0.29) is 18.3 Å². The molecule has 0 aliphatic carbocycles. The Morgan fingerprint density at radius 1 is 1.13 bits per heavy atom. The molecule has 3 rings (SSSR count). The normalized spacial score (nSPS) is 10.5. The summed E-state index contributed by atoms with van der Waals surface area (Å²) < 4.78 is 23.9. The predicted molar refractivity (Wildman–Crippen MR) is 83.0 cm³/mol. The first-order valence-corrected chi connectivity index (χ1v) is 7.42. The molecule has 7 heteroatoms. The van der Waals surface area contributed by atoms with E-state index in [0.717, 1.165) is 4.47 Å². The number of carbonyl (C=O) groups excluding carboxylic acids is 1. The van der Waals surface area contributed by atoms with E-state index in [0.29, 0.717) is 17.0 Å². The maximum Gasteiger partial charge on any atom is 0.338 e. The van der Waals surface area contributed by atoms with Gasteiger partial charge in [-0.25, -0.2) is 9.18 Å². The van der Waals surface area contributed by atoms with Gasteiger partial charge in [-0.3, -0.25) is 0 Å². The van der Waals surface area contributed by atoms with Gasteiger partial charge in [0, 0.05) is 10.0 Å². The summed E-state index contributed by atoms with van der Waals surface area (Å²) in [6, 6.07) is 12.5. The first-order valence-electron chi connectivity index (χ1n) is 6.63. The monoisotopic (exact) mass is 376 g/mol. The lowest BCUT2D eigenvalue weighted by atomic mass is 10.2. The van der Waals surface area contributed by atoms with Gasteiger partial charge in [-0.15, -0.1) is 0 Å². The minimum absolute atomic E-state index is 0.136. The molecule has 116 valence electrons. The van der Waals surface area contributed by atoms with Crippen molar-refractivity contribution in [1.29, 1.82) is 0 Å². The van der Waals surface area contributed by atoms with Crippen molar-refractivity contribution in [2.24, 2.45) is 0 Å². The van der Waals surface area contributed by atoms with Crippen molar-refractivity contribution >= 4 is 21.9 Å². The quantitative estimate of drug-likeness (QED) is 0.644. The van der Waals surface area contributed by atoms with Crippen LogP contribution in [0.5, 0.6) is 0 Å². The zero-order valence-corrected chi connectivity index (χ0v) is 13.3. The highest BCUT2D eigenvalue weighted by atomic mass is 79.9. The number of rotatable bonds is 4. The van der Waals surface area contributed by atoms with E-state index in [4.69, 9.17) is 9.26 Å². The summed E-state index contributed by atoms with van der Waals surface area (Å²) in [5, 5.41) is 3.77. The summed E-state index contributed by atoms with van der Waals surface area (Å²) in [7, 11) is 0. The average Bonchev–Trinajstić information content (AvgIpc) is 3.03. The summed E-state index contributed by atoms with van der Waals surface area (Å²) in [5.74, 6) is -0.366. The molecule has 0 amide bonds. The van der Waals surface area contributed by atoms with E-state index >= 15 is 0 Å². The van der Waals surface area contributed by atoms with Gasteiger partial charge in [0.15, 0.2) is 6.61 Å². The fourth-order valence-corrected chi connectivity index (χ4v) is 2.09. The Labute approximate surface area is 139 Å². The van der Waals surface area contributed by atoms with Crippen molar-refractivity contribution in [3.8, 4) is 11.4 Å². The molecule has 0 aliphatic rings. The van der Waals surface area contributed by atoms with Crippen LogP contribution in [0.25, 0.3) is 11.4 Å². The molecule has 0 saturated carbocycles. The number of carbonyl (C=O) groups is 1. The molecular weight excluding hydrogens is 367 g/mol. The highest BCUT2D eigenvalue weighted by molar-refractivity contribution is 9.10. The van der Waals surface area contributed by atoms with E-state index in [2.05, 4.69) is 26.1 Å². The highest BCUT2D eigenvalue weighted by Gasteiger charge is 2.12. The van der Waals surface area contributed by atoms with Gasteiger partial charge in [0.25, 0.3) is 5.89 Å². The first kappa shape index (κ1) is 15.4. The number of halogens is 2. The van der Waals surface area contributed by atoms with Gasteiger partial charge in [0.05, 0.1) is 5.56 Å². The van der Waals surface area contributed by atoms with Gasteiger partial charge >= 0.3 is 5.97 Å². The molecule has 0 saturated heterocycles. The lowest BCUT2D eigenvalue weighted by Gasteiger charge is -2.01. The average molecular weight is 377 g/mol. The van der Waals surface area contributed by atoms with Crippen molar-refractivity contribution in [2.45, 2.75) is 6.61 Å². The van der Waals surface area contributed by atoms with Gasteiger partial charge in [-0.2, -0.15) is 4.98 Å². The fourth-order valence-electron chi connectivity index (χ4n) is 1.83. The summed E-state index contributed by atoms with van der Waals surface area (Å²) in [5.41, 5.74) is 1.03. The molecule has 5 nitrogen and oxygen atoms in total. The summed E-state index contributed by atoms with van der Waals surface area (Å²) in [6.45, 7) is -0.136. The van der Waals surface area contributed by atoms with Crippen molar-refractivity contribution in [2.75, 3.05) is 0 Å². The Hall–Kier alpha value is -2.54. The largest absolute Gasteiger partial charge is 0.452 e. The first-order chi connectivity index (χ1) is 11.1. The molecule has 23 heavy (non-hydrogen) atoms. The van der Waals surface area contributed by atoms with Crippen LogP contribution < -0.4 is 0 Å². The summed E-state index contributed by atoms with van der Waals surface area (Å²) >= 11 is 3.29. The Balaban J connectivity index is 1.64. The molecule has 0 bridgehead atoms. The van der Waals surface area contributed by atoms with Crippen LogP contribution in [-0.4, -0.2) is 16.1 Å². The third-order valence-corrected chi connectivity index (χ3v) is 3.51. The zero-order valence-electron chi connectivity index (χ0n) is 11.7. The zero-order chi connectivity index (χ0) is 16.2. The van der Waals surface area contributed by atoms with Crippen LogP contribution in [0, 0.1) is 5.82 Å². The van der Waals surface area contributed by atoms with E-state index in [9.17, 15) is 9.18 Å². The Morgan fingerprint density at radius 2 is 1.83 bits per heavy atom. The second-order valence-corrected chi connectivity index (χ2v) is 5.52. The van der Waals surface area contributed by atoms with Gasteiger partial charge in [0.2, 0.25) is 5.82 Å². The molecule has 2 aromatic carbocycles. The van der Waals surface area contributed by atoms with Gasteiger partial charge in [0.1, 0.15) is 5.82 Å². The molecule has 0 spiro atoms. The summed E-state index contributed by atoms with van der Waals surface area (Å²) in [4.78, 5) is 16.0. The van der Waals surface area contributed by atoms with Crippen LogP contribution in [0.1, 0.15) is 16.2 Å². The van der Waals surface area contributed by atoms with E-state index in [1.807, 2.05) is 0 Å². The number of hydrogen-bond donors (Lipinski definition) is 0. The molecule has 0 radical (unpaired) electrons. The molecule has 0 unspecified atom stereocenters. The maximum absolute atomic E-state index is 12.9. The summed E-state index contributed by atoms with van der Waals surface area (Å²) in [6.07, 6.45) is 0. The smallest absolute Gasteiger partial charge is 0.338 e. The van der Waals surface area contributed by atoms with Crippen LogP contribution in [0.2, 0.25) is 0 Å². The van der Waals surface area contributed by atoms with Crippen molar-refractivity contribution < 1.29 is 18.4 Å². The second kappa shape index (κ2) is 6.70. The maximum atomic E-state index is 12.9. The molecule has 0 atom stereocenters. The van der Waals surface area contributed by atoms with Crippen LogP contribution >= 0.6 is 15.9 Å². The van der Waals surface area contributed by atoms with E-state index in [1.165, 1.54) is 24.3 Å².